The lowest BCUT2D eigenvalue weighted by molar-refractivity contribution is 0.193. The fourth-order valence-electron chi connectivity index (χ4n) is 2.39. The SMILES string of the molecule is CCCC(NC(=O)N(CCC)CCC)c1ccccc1. The molecule has 0 aromatic heterocycles. The predicted molar refractivity (Wildman–Crippen MR) is 84.8 cm³/mol. The Morgan fingerprint density at radius 2 is 1.65 bits per heavy atom. The summed E-state index contributed by atoms with van der Waals surface area (Å²) in [6.07, 6.45) is 4.03. The molecule has 1 unspecified atom stereocenters. The second kappa shape index (κ2) is 9.40. The zero-order valence-electron chi connectivity index (χ0n) is 13.1. The highest BCUT2D eigenvalue weighted by Crippen LogP contribution is 2.18. The molecule has 0 aliphatic heterocycles. The van der Waals surface area contributed by atoms with Crippen molar-refractivity contribution in [2.24, 2.45) is 0 Å². The average molecular weight is 276 g/mol. The number of nitrogens with zero attached hydrogens (tertiary/aromatic N) is 1. The Morgan fingerprint density at radius 3 is 2.15 bits per heavy atom. The van der Waals surface area contributed by atoms with Crippen LogP contribution in [-0.4, -0.2) is 24.0 Å². The van der Waals surface area contributed by atoms with E-state index in [4.69, 9.17) is 0 Å². The zero-order chi connectivity index (χ0) is 14.8. The van der Waals surface area contributed by atoms with Gasteiger partial charge in [-0.25, -0.2) is 4.79 Å². The van der Waals surface area contributed by atoms with E-state index in [0.29, 0.717) is 0 Å². The summed E-state index contributed by atoms with van der Waals surface area (Å²) < 4.78 is 0. The maximum atomic E-state index is 12.4. The molecule has 0 aliphatic carbocycles. The number of amides is 2. The summed E-state index contributed by atoms with van der Waals surface area (Å²) >= 11 is 0. The molecule has 0 radical (unpaired) electrons. The summed E-state index contributed by atoms with van der Waals surface area (Å²) in [5, 5.41) is 3.19. The number of hydrogen-bond donors (Lipinski definition) is 1. The standard InChI is InChI=1S/C17H28N2O/c1-4-10-16(15-11-8-7-9-12-15)18-17(20)19(13-5-2)14-6-3/h7-9,11-12,16H,4-6,10,13-14H2,1-3H3,(H,18,20). The van der Waals surface area contributed by atoms with Crippen molar-refractivity contribution in [1.29, 1.82) is 0 Å². The van der Waals surface area contributed by atoms with Crippen LogP contribution in [0.1, 0.15) is 58.1 Å². The van der Waals surface area contributed by atoms with Crippen LogP contribution in [0.15, 0.2) is 30.3 Å². The van der Waals surface area contributed by atoms with Gasteiger partial charge in [-0.15, -0.1) is 0 Å². The summed E-state index contributed by atoms with van der Waals surface area (Å²) in [7, 11) is 0. The third kappa shape index (κ3) is 5.24. The van der Waals surface area contributed by atoms with Crippen LogP contribution in [0.5, 0.6) is 0 Å². The maximum absolute atomic E-state index is 12.4. The Bertz CT molecular complexity index is 372. The van der Waals surface area contributed by atoms with Gasteiger partial charge in [-0.05, 0) is 24.8 Å². The van der Waals surface area contributed by atoms with Crippen LogP contribution in [0.25, 0.3) is 0 Å². The molecule has 0 heterocycles. The van der Waals surface area contributed by atoms with E-state index >= 15 is 0 Å². The van der Waals surface area contributed by atoms with Crippen LogP contribution in [0.3, 0.4) is 0 Å². The largest absolute Gasteiger partial charge is 0.331 e. The van der Waals surface area contributed by atoms with Gasteiger partial charge in [0.2, 0.25) is 0 Å². The van der Waals surface area contributed by atoms with Gasteiger partial charge < -0.3 is 10.2 Å². The minimum Gasteiger partial charge on any atom is -0.331 e. The normalized spacial score (nSPS) is 11.9. The molecular formula is C17H28N2O. The Labute approximate surface area is 123 Å². The summed E-state index contributed by atoms with van der Waals surface area (Å²) in [5.74, 6) is 0. The number of nitrogens with one attached hydrogen (secondary N) is 1. The van der Waals surface area contributed by atoms with Gasteiger partial charge in [0.1, 0.15) is 0 Å². The third-order valence-electron chi connectivity index (χ3n) is 3.35. The molecule has 112 valence electrons. The lowest BCUT2D eigenvalue weighted by Gasteiger charge is -2.26. The van der Waals surface area contributed by atoms with Crippen molar-refractivity contribution in [2.45, 2.75) is 52.5 Å². The van der Waals surface area contributed by atoms with E-state index in [2.05, 4.69) is 38.2 Å². The molecule has 1 aromatic rings. The first kappa shape index (κ1) is 16.5. The van der Waals surface area contributed by atoms with E-state index in [9.17, 15) is 4.79 Å². The van der Waals surface area contributed by atoms with E-state index in [1.54, 1.807) is 0 Å². The van der Waals surface area contributed by atoms with Gasteiger partial charge >= 0.3 is 6.03 Å². The van der Waals surface area contributed by atoms with E-state index in [1.165, 1.54) is 5.56 Å². The monoisotopic (exact) mass is 276 g/mol. The number of hydrogen-bond acceptors (Lipinski definition) is 1. The second-order valence-electron chi connectivity index (χ2n) is 5.19. The van der Waals surface area contributed by atoms with Crippen LogP contribution < -0.4 is 5.32 Å². The Balaban J connectivity index is 2.71. The number of rotatable bonds is 8. The highest BCUT2D eigenvalue weighted by atomic mass is 16.2. The first-order chi connectivity index (χ1) is 9.72. The number of urea groups is 1. The number of benzene rings is 1. The minimum atomic E-state index is 0.0657. The van der Waals surface area contributed by atoms with Crippen molar-refractivity contribution in [2.75, 3.05) is 13.1 Å². The van der Waals surface area contributed by atoms with Gasteiger partial charge in [0, 0.05) is 13.1 Å². The van der Waals surface area contributed by atoms with Gasteiger partial charge in [0.25, 0.3) is 0 Å². The Kier molecular flexibility index (Phi) is 7.78. The quantitative estimate of drug-likeness (QED) is 0.751. The minimum absolute atomic E-state index is 0.0657. The predicted octanol–water partition coefficient (Wildman–Crippen LogP) is 4.36. The Morgan fingerprint density at radius 1 is 1.05 bits per heavy atom. The highest BCUT2D eigenvalue weighted by Gasteiger charge is 2.17. The molecule has 1 atom stereocenters. The van der Waals surface area contributed by atoms with Crippen LogP contribution >= 0.6 is 0 Å². The lowest BCUT2D eigenvalue weighted by Crippen LogP contribution is -2.42. The topological polar surface area (TPSA) is 32.3 Å². The fraction of sp³-hybridized carbons (Fsp3) is 0.588. The van der Waals surface area contributed by atoms with Crippen molar-refractivity contribution in [3.05, 3.63) is 35.9 Å². The van der Waals surface area contributed by atoms with Gasteiger partial charge in [-0.1, -0.05) is 57.5 Å². The summed E-state index contributed by atoms with van der Waals surface area (Å²) in [5.41, 5.74) is 1.19. The van der Waals surface area contributed by atoms with Crippen LogP contribution in [0.2, 0.25) is 0 Å². The summed E-state index contributed by atoms with van der Waals surface area (Å²) in [4.78, 5) is 14.3. The van der Waals surface area contributed by atoms with Crippen molar-refractivity contribution < 1.29 is 4.79 Å². The van der Waals surface area contributed by atoms with Gasteiger partial charge in [-0.2, -0.15) is 0 Å². The zero-order valence-corrected chi connectivity index (χ0v) is 13.1. The molecule has 0 fully saturated rings. The van der Waals surface area contributed by atoms with E-state index in [-0.39, 0.29) is 12.1 Å². The number of carbonyl (C=O) groups excluding carboxylic acids is 1. The highest BCUT2D eigenvalue weighted by molar-refractivity contribution is 5.74. The average Bonchev–Trinajstić information content (AvgIpc) is 2.47. The molecule has 0 saturated heterocycles. The van der Waals surface area contributed by atoms with E-state index in [1.807, 2.05) is 23.1 Å². The van der Waals surface area contributed by atoms with Crippen molar-refractivity contribution in [3.8, 4) is 0 Å². The van der Waals surface area contributed by atoms with Gasteiger partial charge in [0.05, 0.1) is 6.04 Å². The molecule has 0 aliphatic rings. The van der Waals surface area contributed by atoms with E-state index in [0.717, 1.165) is 38.8 Å². The molecule has 1 N–H and O–H groups in total. The molecule has 1 rings (SSSR count). The lowest BCUT2D eigenvalue weighted by atomic mass is 10.0. The summed E-state index contributed by atoms with van der Waals surface area (Å²) in [6, 6.07) is 10.4. The van der Waals surface area contributed by atoms with Crippen LogP contribution in [0, 0.1) is 0 Å². The smallest absolute Gasteiger partial charge is 0.317 e. The van der Waals surface area contributed by atoms with E-state index < -0.39 is 0 Å². The van der Waals surface area contributed by atoms with Crippen molar-refractivity contribution >= 4 is 6.03 Å². The molecule has 0 spiro atoms. The number of carbonyl (C=O) groups is 1. The van der Waals surface area contributed by atoms with Crippen molar-refractivity contribution in [3.63, 3.8) is 0 Å². The first-order valence-corrected chi connectivity index (χ1v) is 7.83. The fourth-order valence-corrected chi connectivity index (χ4v) is 2.39. The molecule has 1 aromatic carbocycles. The molecule has 3 heteroatoms. The van der Waals surface area contributed by atoms with Crippen LogP contribution in [0.4, 0.5) is 4.79 Å². The molecule has 20 heavy (non-hydrogen) atoms. The molecule has 0 saturated carbocycles. The first-order valence-electron chi connectivity index (χ1n) is 7.83. The molecule has 2 amide bonds. The van der Waals surface area contributed by atoms with Gasteiger partial charge in [0.15, 0.2) is 0 Å². The van der Waals surface area contributed by atoms with Crippen molar-refractivity contribution in [1.82, 2.24) is 10.2 Å². The van der Waals surface area contributed by atoms with Gasteiger partial charge in [-0.3, -0.25) is 0 Å². The Hall–Kier alpha value is -1.51. The molecule has 0 bridgehead atoms. The second-order valence-corrected chi connectivity index (χ2v) is 5.19. The summed E-state index contributed by atoms with van der Waals surface area (Å²) in [6.45, 7) is 8.02. The van der Waals surface area contributed by atoms with Crippen LogP contribution in [-0.2, 0) is 0 Å². The maximum Gasteiger partial charge on any atom is 0.317 e. The third-order valence-corrected chi connectivity index (χ3v) is 3.35. The molecular weight excluding hydrogens is 248 g/mol. The molecule has 3 nitrogen and oxygen atoms in total.